The van der Waals surface area contributed by atoms with Crippen molar-refractivity contribution in [2.24, 2.45) is 5.92 Å². The largest absolute Gasteiger partial charge is 0.448 e. The molecule has 1 unspecified atom stereocenters. The second-order valence-corrected chi connectivity index (χ2v) is 7.44. The van der Waals surface area contributed by atoms with E-state index in [0.29, 0.717) is 17.5 Å². The molecule has 3 heterocycles. The van der Waals surface area contributed by atoms with Gasteiger partial charge in [-0.25, -0.2) is 4.98 Å². The van der Waals surface area contributed by atoms with Crippen LogP contribution < -0.4 is 0 Å². The molecule has 2 aliphatic rings. The highest BCUT2D eigenvalue weighted by Crippen LogP contribution is 2.39. The third-order valence-corrected chi connectivity index (χ3v) is 5.49. The number of aromatic nitrogens is 2. The molecule has 2 aromatic heterocycles. The first-order valence-electron chi connectivity index (χ1n) is 9.35. The fourth-order valence-electron chi connectivity index (χ4n) is 3.89. The lowest BCUT2D eigenvalue weighted by molar-refractivity contribution is 0.0781. The standard InChI is InChI=1S/C21H21N3O2/c25-21(19-13-26-20(23-19)15-5-6-15)24-10-8-14(12-24)11-16-7-9-22-18-4-2-1-3-17(16)18/h1-4,7,9,13-15H,5-6,8,10-12H2. The molecule has 2 fully saturated rings. The predicted octanol–water partition coefficient (Wildman–Crippen LogP) is 3.81. The molecule has 5 heteroatoms. The van der Waals surface area contributed by atoms with E-state index in [1.54, 1.807) is 0 Å². The van der Waals surface area contributed by atoms with Gasteiger partial charge in [-0.2, -0.15) is 0 Å². The molecule has 26 heavy (non-hydrogen) atoms. The van der Waals surface area contributed by atoms with Crippen LogP contribution in [0.15, 0.2) is 47.2 Å². The van der Waals surface area contributed by atoms with Crippen LogP contribution in [0.5, 0.6) is 0 Å². The Morgan fingerprint density at radius 2 is 2.08 bits per heavy atom. The maximum Gasteiger partial charge on any atom is 0.275 e. The number of oxazole rings is 1. The van der Waals surface area contributed by atoms with Crippen LogP contribution >= 0.6 is 0 Å². The lowest BCUT2D eigenvalue weighted by Gasteiger charge is -2.15. The van der Waals surface area contributed by atoms with Crippen molar-refractivity contribution >= 4 is 16.8 Å². The fraction of sp³-hybridized carbons (Fsp3) is 0.381. The van der Waals surface area contributed by atoms with Crippen LogP contribution in [0, 0.1) is 5.92 Å². The van der Waals surface area contributed by atoms with Gasteiger partial charge in [0, 0.05) is 30.6 Å². The van der Waals surface area contributed by atoms with Crippen molar-refractivity contribution in [2.45, 2.75) is 31.6 Å². The van der Waals surface area contributed by atoms with Crippen LogP contribution in [0.1, 0.15) is 47.1 Å². The maximum atomic E-state index is 12.7. The van der Waals surface area contributed by atoms with Crippen LogP contribution in [-0.2, 0) is 6.42 Å². The molecule has 1 atom stereocenters. The molecule has 0 radical (unpaired) electrons. The highest BCUT2D eigenvalue weighted by molar-refractivity contribution is 5.92. The molecule has 3 aromatic rings. The molecule has 1 amide bonds. The number of fused-ring (bicyclic) bond motifs is 1. The van der Waals surface area contributed by atoms with Crippen molar-refractivity contribution in [3.8, 4) is 0 Å². The predicted molar refractivity (Wildman–Crippen MR) is 97.9 cm³/mol. The second-order valence-electron chi connectivity index (χ2n) is 7.44. The molecule has 5 nitrogen and oxygen atoms in total. The first kappa shape index (κ1) is 15.6. The number of pyridine rings is 1. The number of likely N-dealkylation sites (tertiary alicyclic amines) is 1. The maximum absolute atomic E-state index is 12.7. The minimum Gasteiger partial charge on any atom is -0.448 e. The number of carbonyl (C=O) groups excluding carboxylic acids is 1. The topological polar surface area (TPSA) is 59.2 Å². The molecular weight excluding hydrogens is 326 g/mol. The Kier molecular flexibility index (Phi) is 3.73. The van der Waals surface area contributed by atoms with E-state index in [-0.39, 0.29) is 5.91 Å². The summed E-state index contributed by atoms with van der Waals surface area (Å²) in [4.78, 5) is 23.5. The van der Waals surface area contributed by atoms with Crippen molar-refractivity contribution in [2.75, 3.05) is 13.1 Å². The van der Waals surface area contributed by atoms with E-state index in [1.807, 2.05) is 23.2 Å². The van der Waals surface area contributed by atoms with Gasteiger partial charge < -0.3 is 9.32 Å². The van der Waals surface area contributed by atoms with Crippen LogP contribution in [0.2, 0.25) is 0 Å². The third-order valence-electron chi connectivity index (χ3n) is 5.49. The zero-order chi connectivity index (χ0) is 17.5. The molecule has 1 aliphatic heterocycles. The number of hydrogen-bond donors (Lipinski definition) is 0. The summed E-state index contributed by atoms with van der Waals surface area (Å²) < 4.78 is 5.47. The SMILES string of the molecule is O=C(c1coc(C2CC2)n1)N1CCC(Cc2ccnc3ccccc23)C1. The highest BCUT2D eigenvalue weighted by atomic mass is 16.3. The Hall–Kier alpha value is -2.69. The van der Waals surface area contributed by atoms with Crippen molar-refractivity contribution in [1.29, 1.82) is 0 Å². The van der Waals surface area contributed by atoms with Gasteiger partial charge in [0.1, 0.15) is 6.26 Å². The number of para-hydroxylation sites is 1. The molecular formula is C21H21N3O2. The van der Waals surface area contributed by atoms with Crippen molar-refractivity contribution in [1.82, 2.24) is 14.9 Å². The van der Waals surface area contributed by atoms with Gasteiger partial charge in [0.05, 0.1) is 5.52 Å². The Balaban J connectivity index is 1.28. The number of carbonyl (C=O) groups is 1. The highest BCUT2D eigenvalue weighted by Gasteiger charge is 2.32. The minimum atomic E-state index is 0.00253. The van der Waals surface area contributed by atoms with Gasteiger partial charge in [-0.1, -0.05) is 18.2 Å². The molecule has 0 spiro atoms. The summed E-state index contributed by atoms with van der Waals surface area (Å²) in [6.45, 7) is 1.57. The lowest BCUT2D eigenvalue weighted by atomic mass is 9.96. The Morgan fingerprint density at radius 3 is 2.96 bits per heavy atom. The number of hydrogen-bond acceptors (Lipinski definition) is 4. The Labute approximate surface area is 152 Å². The first-order valence-corrected chi connectivity index (χ1v) is 9.35. The van der Waals surface area contributed by atoms with E-state index >= 15 is 0 Å². The van der Waals surface area contributed by atoms with Gasteiger partial charge in [-0.15, -0.1) is 0 Å². The molecule has 5 rings (SSSR count). The van der Waals surface area contributed by atoms with Gasteiger partial charge in [0.25, 0.3) is 5.91 Å². The van der Waals surface area contributed by atoms with Gasteiger partial charge in [0.15, 0.2) is 11.6 Å². The van der Waals surface area contributed by atoms with Gasteiger partial charge >= 0.3 is 0 Å². The normalized spacial score (nSPS) is 20.0. The van der Waals surface area contributed by atoms with Crippen LogP contribution in [0.25, 0.3) is 10.9 Å². The van der Waals surface area contributed by atoms with Crippen LogP contribution in [0.4, 0.5) is 0 Å². The molecule has 0 bridgehead atoms. The van der Waals surface area contributed by atoms with Crippen molar-refractivity contribution in [3.63, 3.8) is 0 Å². The summed E-state index contributed by atoms with van der Waals surface area (Å²) in [6, 6.07) is 10.4. The van der Waals surface area contributed by atoms with Gasteiger partial charge in [0.2, 0.25) is 0 Å². The van der Waals surface area contributed by atoms with E-state index in [4.69, 9.17) is 4.42 Å². The summed E-state index contributed by atoms with van der Waals surface area (Å²) in [5.41, 5.74) is 2.81. The fourth-order valence-corrected chi connectivity index (χ4v) is 3.89. The average molecular weight is 347 g/mol. The summed E-state index contributed by atoms with van der Waals surface area (Å²) in [6.07, 6.45) is 7.65. The zero-order valence-electron chi connectivity index (χ0n) is 14.6. The summed E-state index contributed by atoms with van der Waals surface area (Å²) >= 11 is 0. The number of rotatable bonds is 4. The summed E-state index contributed by atoms with van der Waals surface area (Å²) in [5, 5.41) is 1.21. The first-order chi connectivity index (χ1) is 12.8. The Bertz CT molecular complexity index is 955. The summed E-state index contributed by atoms with van der Waals surface area (Å²) in [5.74, 6) is 1.64. The van der Waals surface area contributed by atoms with Gasteiger partial charge in [-0.3, -0.25) is 9.78 Å². The third kappa shape index (κ3) is 2.87. The minimum absolute atomic E-state index is 0.00253. The van der Waals surface area contributed by atoms with Gasteiger partial charge in [-0.05, 0) is 49.3 Å². The lowest BCUT2D eigenvalue weighted by Crippen LogP contribution is -2.29. The quantitative estimate of drug-likeness (QED) is 0.720. The summed E-state index contributed by atoms with van der Waals surface area (Å²) in [7, 11) is 0. The van der Waals surface area contributed by atoms with E-state index < -0.39 is 0 Å². The van der Waals surface area contributed by atoms with Crippen molar-refractivity contribution in [3.05, 3.63) is 59.9 Å². The van der Waals surface area contributed by atoms with Crippen LogP contribution in [0.3, 0.4) is 0 Å². The number of nitrogens with zero attached hydrogens (tertiary/aromatic N) is 3. The Morgan fingerprint density at radius 1 is 1.19 bits per heavy atom. The number of amides is 1. The monoisotopic (exact) mass is 347 g/mol. The average Bonchev–Trinajstić information content (AvgIpc) is 3.22. The molecule has 1 saturated carbocycles. The van der Waals surface area contributed by atoms with E-state index in [9.17, 15) is 4.79 Å². The van der Waals surface area contributed by atoms with E-state index in [1.165, 1.54) is 17.2 Å². The second kappa shape index (κ2) is 6.24. The van der Waals surface area contributed by atoms with Crippen molar-refractivity contribution < 1.29 is 9.21 Å². The number of benzene rings is 1. The molecule has 1 aliphatic carbocycles. The zero-order valence-corrected chi connectivity index (χ0v) is 14.6. The van der Waals surface area contributed by atoms with Crippen LogP contribution in [-0.4, -0.2) is 33.9 Å². The molecule has 0 N–H and O–H groups in total. The smallest absolute Gasteiger partial charge is 0.275 e. The van der Waals surface area contributed by atoms with E-state index in [2.05, 4.69) is 28.2 Å². The molecule has 132 valence electrons. The molecule has 1 aromatic carbocycles. The molecule has 1 saturated heterocycles. The van der Waals surface area contributed by atoms with E-state index in [0.717, 1.165) is 50.2 Å².